The number of para-hydroxylation sites is 1. The molecular formula is C19H21FN2O3. The summed E-state index contributed by atoms with van der Waals surface area (Å²) >= 11 is 0. The summed E-state index contributed by atoms with van der Waals surface area (Å²) in [5.74, 6) is 0.822. The summed E-state index contributed by atoms with van der Waals surface area (Å²) < 4.78 is 19.7. The molecule has 6 heteroatoms. The van der Waals surface area contributed by atoms with Crippen LogP contribution in [-0.4, -0.2) is 35.4 Å². The van der Waals surface area contributed by atoms with Crippen LogP contribution in [0.3, 0.4) is 0 Å². The highest BCUT2D eigenvalue weighted by Crippen LogP contribution is 2.52. The van der Waals surface area contributed by atoms with E-state index in [1.165, 1.54) is 0 Å². The summed E-state index contributed by atoms with van der Waals surface area (Å²) in [7, 11) is 0. The predicted octanol–water partition coefficient (Wildman–Crippen LogP) is 3.49. The maximum absolute atomic E-state index is 14.1. The summed E-state index contributed by atoms with van der Waals surface area (Å²) in [6.45, 7) is 0.0530. The average molecular weight is 344 g/mol. The molecule has 0 saturated heterocycles. The molecule has 3 unspecified atom stereocenters. The third-order valence-electron chi connectivity index (χ3n) is 4.27. The quantitative estimate of drug-likeness (QED) is 0.729. The fraction of sp³-hybridized carbons (Fsp3) is 0.368. The number of alkyl halides is 1. The van der Waals surface area contributed by atoms with Gasteiger partial charge in [-0.3, -0.25) is 4.79 Å². The lowest BCUT2D eigenvalue weighted by Gasteiger charge is -2.14. The molecule has 2 N–H and O–H groups in total. The minimum absolute atomic E-state index is 0.0623. The first-order chi connectivity index (χ1) is 12.1. The van der Waals surface area contributed by atoms with Crippen molar-refractivity contribution in [3.8, 4) is 5.75 Å². The van der Waals surface area contributed by atoms with Crippen molar-refractivity contribution in [2.75, 3.05) is 18.5 Å². The number of anilines is 1. The van der Waals surface area contributed by atoms with E-state index < -0.39 is 12.1 Å². The average Bonchev–Trinajstić information content (AvgIpc) is 3.37. The molecule has 1 aliphatic rings. The van der Waals surface area contributed by atoms with Crippen LogP contribution in [0.1, 0.15) is 24.3 Å². The lowest BCUT2D eigenvalue weighted by molar-refractivity contribution is -0.137. The summed E-state index contributed by atoms with van der Waals surface area (Å²) in [5, 5.41) is 11.8. The Morgan fingerprint density at radius 1 is 1.32 bits per heavy atom. The van der Waals surface area contributed by atoms with Crippen molar-refractivity contribution in [1.82, 2.24) is 4.98 Å². The van der Waals surface area contributed by atoms with Gasteiger partial charge in [0.2, 0.25) is 0 Å². The molecule has 0 spiro atoms. The normalized spacial score (nSPS) is 19.9. The van der Waals surface area contributed by atoms with Crippen LogP contribution >= 0.6 is 0 Å². The van der Waals surface area contributed by atoms with E-state index in [0.29, 0.717) is 11.6 Å². The highest BCUT2D eigenvalue weighted by Gasteiger charge is 2.41. The number of aliphatic carboxylic acids is 1. The zero-order valence-corrected chi connectivity index (χ0v) is 13.8. The Morgan fingerprint density at radius 2 is 2.12 bits per heavy atom. The Bertz CT molecular complexity index is 711. The molecule has 1 saturated carbocycles. The second-order valence-corrected chi connectivity index (χ2v) is 6.24. The lowest BCUT2D eigenvalue weighted by Crippen LogP contribution is -2.23. The molecule has 1 aromatic heterocycles. The number of carboxylic acid groups (broad SMARTS) is 1. The zero-order valence-electron chi connectivity index (χ0n) is 13.8. The number of benzene rings is 1. The van der Waals surface area contributed by atoms with Crippen LogP contribution in [0.4, 0.5) is 10.2 Å². The molecule has 0 aliphatic heterocycles. The van der Waals surface area contributed by atoms with Crippen LogP contribution < -0.4 is 10.1 Å². The Hall–Kier alpha value is -2.63. The van der Waals surface area contributed by atoms with Crippen molar-refractivity contribution in [3.63, 3.8) is 0 Å². The Balaban J connectivity index is 1.51. The van der Waals surface area contributed by atoms with E-state index in [-0.39, 0.29) is 31.4 Å². The number of aromatic nitrogens is 1. The first kappa shape index (κ1) is 17.2. The molecule has 132 valence electrons. The predicted molar refractivity (Wildman–Crippen MR) is 92.7 cm³/mol. The lowest BCUT2D eigenvalue weighted by atomic mass is 10.1. The van der Waals surface area contributed by atoms with Crippen molar-refractivity contribution in [2.24, 2.45) is 5.92 Å². The maximum atomic E-state index is 14.1. The highest BCUT2D eigenvalue weighted by atomic mass is 19.1. The molecule has 0 amide bonds. The SMILES string of the molecule is O=C(O)CC1CC1c1ccccc1OCC(F)CNc1ccccn1. The summed E-state index contributed by atoms with van der Waals surface area (Å²) in [5.41, 5.74) is 0.971. The molecule has 1 aliphatic carbocycles. The second kappa shape index (κ2) is 7.96. The largest absolute Gasteiger partial charge is 0.490 e. The smallest absolute Gasteiger partial charge is 0.303 e. The molecule has 3 atom stereocenters. The van der Waals surface area contributed by atoms with Gasteiger partial charge in [-0.2, -0.15) is 0 Å². The van der Waals surface area contributed by atoms with Gasteiger partial charge in [-0.15, -0.1) is 0 Å². The van der Waals surface area contributed by atoms with Crippen LogP contribution in [0, 0.1) is 5.92 Å². The van der Waals surface area contributed by atoms with E-state index in [1.807, 2.05) is 30.3 Å². The van der Waals surface area contributed by atoms with Crippen molar-refractivity contribution in [3.05, 3.63) is 54.2 Å². The molecule has 0 bridgehead atoms. The van der Waals surface area contributed by atoms with Gasteiger partial charge in [0.05, 0.1) is 6.54 Å². The number of pyridine rings is 1. The number of nitrogens with zero attached hydrogens (tertiary/aromatic N) is 1. The summed E-state index contributed by atoms with van der Waals surface area (Å²) in [6.07, 6.45) is 1.47. The van der Waals surface area contributed by atoms with E-state index in [4.69, 9.17) is 9.84 Å². The molecule has 5 nitrogen and oxygen atoms in total. The van der Waals surface area contributed by atoms with Crippen LogP contribution in [0.2, 0.25) is 0 Å². The molecule has 1 fully saturated rings. The van der Waals surface area contributed by atoms with Crippen molar-refractivity contribution in [2.45, 2.75) is 24.9 Å². The standard InChI is InChI=1S/C19H21FN2O3/c20-14(11-22-18-7-3-4-8-21-18)12-25-17-6-2-1-5-15(17)16-9-13(16)10-19(23)24/h1-8,13-14,16H,9-12H2,(H,21,22)(H,23,24). The van der Waals surface area contributed by atoms with Crippen molar-refractivity contribution < 1.29 is 19.0 Å². The van der Waals surface area contributed by atoms with Gasteiger partial charge in [-0.05, 0) is 42.0 Å². The van der Waals surface area contributed by atoms with Gasteiger partial charge in [-0.25, -0.2) is 9.37 Å². The molecule has 25 heavy (non-hydrogen) atoms. The minimum atomic E-state index is -1.18. The second-order valence-electron chi connectivity index (χ2n) is 6.24. The zero-order chi connectivity index (χ0) is 17.6. The monoisotopic (exact) mass is 344 g/mol. The van der Waals surface area contributed by atoms with Gasteiger partial charge in [0.1, 0.15) is 18.2 Å². The van der Waals surface area contributed by atoms with Gasteiger partial charge < -0.3 is 15.2 Å². The number of ether oxygens (including phenoxy) is 1. The number of nitrogens with one attached hydrogen (secondary N) is 1. The number of carbonyl (C=O) groups is 1. The van der Waals surface area contributed by atoms with Crippen molar-refractivity contribution >= 4 is 11.8 Å². The van der Waals surface area contributed by atoms with Crippen LogP contribution in [0.25, 0.3) is 0 Å². The van der Waals surface area contributed by atoms with E-state index >= 15 is 0 Å². The number of hydrogen-bond donors (Lipinski definition) is 2. The molecule has 1 aromatic carbocycles. The first-order valence-electron chi connectivity index (χ1n) is 8.36. The van der Waals surface area contributed by atoms with Crippen LogP contribution in [-0.2, 0) is 4.79 Å². The third kappa shape index (κ3) is 4.92. The fourth-order valence-electron chi connectivity index (χ4n) is 2.92. The van der Waals surface area contributed by atoms with Gasteiger partial charge in [0, 0.05) is 12.6 Å². The maximum Gasteiger partial charge on any atom is 0.303 e. The third-order valence-corrected chi connectivity index (χ3v) is 4.27. The van der Waals surface area contributed by atoms with Gasteiger partial charge in [-0.1, -0.05) is 24.3 Å². The van der Waals surface area contributed by atoms with Crippen LogP contribution in [0.5, 0.6) is 5.75 Å². The number of carboxylic acids is 1. The van der Waals surface area contributed by atoms with Gasteiger partial charge >= 0.3 is 5.97 Å². The molecule has 0 radical (unpaired) electrons. The Morgan fingerprint density at radius 3 is 2.88 bits per heavy atom. The molecular weight excluding hydrogens is 323 g/mol. The fourth-order valence-corrected chi connectivity index (χ4v) is 2.92. The van der Waals surface area contributed by atoms with E-state index in [9.17, 15) is 9.18 Å². The topological polar surface area (TPSA) is 71.5 Å². The molecule has 3 rings (SSSR count). The number of rotatable bonds is 9. The van der Waals surface area contributed by atoms with E-state index in [2.05, 4.69) is 10.3 Å². The van der Waals surface area contributed by atoms with E-state index in [1.54, 1.807) is 18.3 Å². The van der Waals surface area contributed by atoms with Crippen molar-refractivity contribution in [1.29, 1.82) is 0 Å². The number of hydrogen-bond acceptors (Lipinski definition) is 4. The van der Waals surface area contributed by atoms with Gasteiger partial charge in [0.25, 0.3) is 0 Å². The highest BCUT2D eigenvalue weighted by molar-refractivity contribution is 5.68. The van der Waals surface area contributed by atoms with E-state index in [0.717, 1.165) is 12.0 Å². The Labute approximate surface area is 145 Å². The molecule has 1 heterocycles. The summed E-state index contributed by atoms with van der Waals surface area (Å²) in [4.78, 5) is 14.9. The number of halogens is 1. The van der Waals surface area contributed by atoms with Gasteiger partial charge in [0.15, 0.2) is 6.17 Å². The molecule has 2 aromatic rings. The van der Waals surface area contributed by atoms with Crippen LogP contribution in [0.15, 0.2) is 48.7 Å². The Kier molecular flexibility index (Phi) is 5.48. The first-order valence-corrected chi connectivity index (χ1v) is 8.36. The summed E-state index contributed by atoms with van der Waals surface area (Å²) in [6, 6.07) is 12.9. The minimum Gasteiger partial charge on any atom is -0.490 e.